The van der Waals surface area contributed by atoms with Gasteiger partial charge in [0.1, 0.15) is 5.54 Å². The molecule has 2 rings (SSSR count). The van der Waals surface area contributed by atoms with Gasteiger partial charge in [-0.15, -0.1) is 0 Å². The maximum absolute atomic E-state index is 12.7. The Hall–Kier alpha value is -1.56. The van der Waals surface area contributed by atoms with Crippen LogP contribution in [0.1, 0.15) is 24.5 Å². The summed E-state index contributed by atoms with van der Waals surface area (Å²) >= 11 is 0. The number of hydrogen-bond donors (Lipinski definition) is 1. The molecule has 1 N–H and O–H groups in total. The lowest BCUT2D eigenvalue weighted by Gasteiger charge is -2.20. The predicted molar refractivity (Wildman–Crippen MR) is 71.7 cm³/mol. The number of halogens is 3. The summed E-state index contributed by atoms with van der Waals surface area (Å²) < 4.78 is 42.8. The van der Waals surface area contributed by atoms with E-state index in [9.17, 15) is 18.0 Å². The highest BCUT2D eigenvalue weighted by molar-refractivity contribution is 5.80. The molecule has 6 heteroatoms. The Kier molecular flexibility index (Phi) is 4.27. The topological polar surface area (TPSA) is 38.3 Å². The molecule has 0 amide bonds. The zero-order valence-corrected chi connectivity index (χ0v) is 12.0. The van der Waals surface area contributed by atoms with Crippen LogP contribution in [0, 0.1) is 5.92 Å². The third-order valence-electron chi connectivity index (χ3n) is 3.89. The van der Waals surface area contributed by atoms with E-state index in [4.69, 9.17) is 4.74 Å². The second kappa shape index (κ2) is 5.67. The average Bonchev–Trinajstić information content (AvgIpc) is 2.80. The molecule has 21 heavy (non-hydrogen) atoms. The zero-order valence-electron chi connectivity index (χ0n) is 12.0. The number of benzene rings is 1. The second-order valence-electron chi connectivity index (χ2n) is 5.68. The van der Waals surface area contributed by atoms with Gasteiger partial charge in [-0.25, -0.2) is 0 Å². The fourth-order valence-corrected chi connectivity index (χ4v) is 2.82. The maximum Gasteiger partial charge on any atom is 0.416 e. The molecule has 0 bridgehead atoms. The standard InChI is InChI=1S/C15H18F3NO2/c1-14(13(20)21-2)8-11(9-19-14)6-10-4-3-5-12(7-10)15(16,17)18/h3-5,7,11,19H,6,8-9H2,1-2H3. The fourth-order valence-electron chi connectivity index (χ4n) is 2.82. The lowest BCUT2D eigenvalue weighted by Crippen LogP contribution is -2.45. The number of alkyl halides is 3. The lowest BCUT2D eigenvalue weighted by molar-refractivity contribution is -0.147. The smallest absolute Gasteiger partial charge is 0.416 e. The van der Waals surface area contributed by atoms with Crippen LogP contribution in [0.5, 0.6) is 0 Å². The molecule has 0 radical (unpaired) electrons. The number of nitrogens with one attached hydrogen (secondary N) is 1. The van der Waals surface area contributed by atoms with Crippen molar-refractivity contribution >= 4 is 5.97 Å². The Labute approximate surface area is 121 Å². The van der Waals surface area contributed by atoms with Gasteiger partial charge in [0.2, 0.25) is 0 Å². The Morgan fingerprint density at radius 2 is 2.19 bits per heavy atom. The lowest BCUT2D eigenvalue weighted by atomic mass is 9.90. The first kappa shape index (κ1) is 15.8. The summed E-state index contributed by atoms with van der Waals surface area (Å²) in [6.45, 7) is 2.34. The molecule has 2 unspecified atom stereocenters. The molecule has 1 fully saturated rings. The Bertz CT molecular complexity index is 530. The highest BCUT2D eigenvalue weighted by atomic mass is 19.4. The largest absolute Gasteiger partial charge is 0.468 e. The second-order valence-corrected chi connectivity index (χ2v) is 5.68. The molecule has 116 valence electrons. The number of hydrogen-bond acceptors (Lipinski definition) is 3. The van der Waals surface area contributed by atoms with E-state index in [-0.39, 0.29) is 11.9 Å². The minimum absolute atomic E-state index is 0.109. The molecule has 1 aliphatic heterocycles. The average molecular weight is 301 g/mol. The quantitative estimate of drug-likeness (QED) is 0.873. The highest BCUT2D eigenvalue weighted by Gasteiger charge is 2.41. The van der Waals surface area contributed by atoms with E-state index in [2.05, 4.69) is 5.32 Å². The first-order chi connectivity index (χ1) is 9.74. The van der Waals surface area contributed by atoms with Gasteiger partial charge in [0.15, 0.2) is 0 Å². The summed E-state index contributed by atoms with van der Waals surface area (Å²) in [6.07, 6.45) is -3.27. The van der Waals surface area contributed by atoms with Gasteiger partial charge in [-0.1, -0.05) is 18.2 Å². The van der Waals surface area contributed by atoms with Crippen molar-refractivity contribution in [1.29, 1.82) is 0 Å². The SMILES string of the molecule is COC(=O)C1(C)CC(Cc2cccc(C(F)(F)F)c2)CN1. The van der Waals surface area contributed by atoms with Crippen LogP contribution in [-0.2, 0) is 22.1 Å². The van der Waals surface area contributed by atoms with Gasteiger partial charge in [-0.05, 0) is 43.9 Å². The Morgan fingerprint density at radius 1 is 1.48 bits per heavy atom. The highest BCUT2D eigenvalue weighted by Crippen LogP contribution is 2.32. The van der Waals surface area contributed by atoms with Crippen LogP contribution in [0.25, 0.3) is 0 Å². The molecule has 0 spiro atoms. The number of esters is 1. The van der Waals surface area contributed by atoms with Crippen LogP contribution >= 0.6 is 0 Å². The van der Waals surface area contributed by atoms with Crippen molar-refractivity contribution in [2.24, 2.45) is 5.92 Å². The maximum atomic E-state index is 12.7. The van der Waals surface area contributed by atoms with Crippen LogP contribution in [0.4, 0.5) is 13.2 Å². The monoisotopic (exact) mass is 301 g/mol. The molecule has 0 saturated carbocycles. The normalized spacial score (nSPS) is 25.9. The van der Waals surface area contributed by atoms with Gasteiger partial charge in [0, 0.05) is 0 Å². The summed E-state index contributed by atoms with van der Waals surface area (Å²) in [7, 11) is 1.33. The van der Waals surface area contributed by atoms with Gasteiger partial charge in [0.05, 0.1) is 12.7 Å². The number of ether oxygens (including phenoxy) is 1. The summed E-state index contributed by atoms with van der Waals surface area (Å²) in [5, 5.41) is 3.10. The van der Waals surface area contributed by atoms with Crippen molar-refractivity contribution in [3.63, 3.8) is 0 Å². The van der Waals surface area contributed by atoms with Crippen LogP contribution < -0.4 is 5.32 Å². The molecular formula is C15H18F3NO2. The van der Waals surface area contributed by atoms with E-state index in [0.717, 1.165) is 6.07 Å². The minimum Gasteiger partial charge on any atom is -0.468 e. The van der Waals surface area contributed by atoms with Crippen LogP contribution in [0.3, 0.4) is 0 Å². The molecule has 3 nitrogen and oxygen atoms in total. The van der Waals surface area contributed by atoms with Crippen LogP contribution in [0.15, 0.2) is 24.3 Å². The van der Waals surface area contributed by atoms with Gasteiger partial charge < -0.3 is 10.1 Å². The molecule has 1 aliphatic rings. The predicted octanol–water partition coefficient (Wildman–Crippen LogP) is 2.79. The number of carbonyl (C=O) groups is 1. The molecule has 1 aromatic rings. The van der Waals surface area contributed by atoms with Crippen molar-refractivity contribution in [3.8, 4) is 0 Å². The first-order valence-corrected chi connectivity index (χ1v) is 6.74. The molecule has 1 aromatic carbocycles. The third kappa shape index (κ3) is 3.56. The van der Waals surface area contributed by atoms with Gasteiger partial charge in [0.25, 0.3) is 0 Å². The van der Waals surface area contributed by atoms with E-state index in [1.807, 2.05) is 0 Å². The van der Waals surface area contributed by atoms with Gasteiger partial charge in [-0.2, -0.15) is 13.2 Å². The molecule has 0 aliphatic carbocycles. The molecule has 1 heterocycles. The fraction of sp³-hybridized carbons (Fsp3) is 0.533. The molecule has 2 atom stereocenters. The van der Waals surface area contributed by atoms with E-state index in [1.54, 1.807) is 13.0 Å². The summed E-state index contributed by atoms with van der Waals surface area (Å²) in [6, 6.07) is 5.34. The van der Waals surface area contributed by atoms with E-state index in [1.165, 1.54) is 19.2 Å². The zero-order chi connectivity index (χ0) is 15.7. The Balaban J connectivity index is 2.06. The van der Waals surface area contributed by atoms with E-state index >= 15 is 0 Å². The summed E-state index contributed by atoms with van der Waals surface area (Å²) in [5.41, 5.74) is -0.756. The van der Waals surface area contributed by atoms with Gasteiger partial charge in [-0.3, -0.25) is 4.79 Å². The van der Waals surface area contributed by atoms with Crippen LogP contribution in [0.2, 0.25) is 0 Å². The summed E-state index contributed by atoms with van der Waals surface area (Å²) in [5.74, 6) is -0.230. The first-order valence-electron chi connectivity index (χ1n) is 6.74. The van der Waals surface area contributed by atoms with E-state index in [0.29, 0.717) is 24.9 Å². The number of methoxy groups -OCH3 is 1. The van der Waals surface area contributed by atoms with Crippen molar-refractivity contribution < 1.29 is 22.7 Å². The number of rotatable bonds is 3. The summed E-state index contributed by atoms with van der Waals surface area (Å²) in [4.78, 5) is 11.7. The van der Waals surface area contributed by atoms with Crippen molar-refractivity contribution in [3.05, 3.63) is 35.4 Å². The van der Waals surface area contributed by atoms with Crippen molar-refractivity contribution in [1.82, 2.24) is 5.32 Å². The van der Waals surface area contributed by atoms with Crippen molar-refractivity contribution in [2.75, 3.05) is 13.7 Å². The van der Waals surface area contributed by atoms with E-state index < -0.39 is 17.3 Å². The molecule has 0 aromatic heterocycles. The third-order valence-corrected chi connectivity index (χ3v) is 3.89. The van der Waals surface area contributed by atoms with Crippen molar-refractivity contribution in [2.45, 2.75) is 31.5 Å². The van der Waals surface area contributed by atoms with Gasteiger partial charge >= 0.3 is 12.1 Å². The van der Waals surface area contributed by atoms with Crippen LogP contribution in [-0.4, -0.2) is 25.2 Å². The molecular weight excluding hydrogens is 283 g/mol. The Morgan fingerprint density at radius 3 is 2.81 bits per heavy atom. The number of carbonyl (C=O) groups excluding carboxylic acids is 1. The minimum atomic E-state index is -4.33. The molecule has 1 saturated heterocycles.